The Morgan fingerprint density at radius 3 is 2.57 bits per heavy atom. The van der Waals surface area contributed by atoms with Gasteiger partial charge in [0.25, 0.3) is 0 Å². The van der Waals surface area contributed by atoms with Gasteiger partial charge in [-0.2, -0.15) is 0 Å². The smallest absolute Gasteiger partial charge is 0.0544 e. The van der Waals surface area contributed by atoms with Crippen molar-refractivity contribution in [3.8, 4) is 0 Å². The van der Waals surface area contributed by atoms with E-state index in [-0.39, 0.29) is 24.0 Å². The highest BCUT2D eigenvalue weighted by Crippen LogP contribution is 2.52. The van der Waals surface area contributed by atoms with Gasteiger partial charge < -0.3 is 5.11 Å². The van der Waals surface area contributed by atoms with Gasteiger partial charge in [0.15, 0.2) is 0 Å². The molecule has 4 unspecified atom stereocenters. The third kappa shape index (κ3) is 2.76. The zero-order chi connectivity index (χ0) is 20.2. The topological polar surface area (TPSA) is 32.6 Å². The van der Waals surface area contributed by atoms with Gasteiger partial charge in [-0.1, -0.05) is 62.8 Å². The van der Waals surface area contributed by atoms with Crippen LogP contribution in [0.2, 0.25) is 0 Å². The highest BCUT2D eigenvalue weighted by Gasteiger charge is 2.47. The summed E-state index contributed by atoms with van der Waals surface area (Å²) in [6.07, 6.45) is 3.23. The second kappa shape index (κ2) is 6.84. The van der Waals surface area contributed by atoms with E-state index in [0.717, 1.165) is 6.42 Å². The molecule has 1 N–H and O–H groups in total. The van der Waals surface area contributed by atoms with E-state index in [9.17, 15) is 5.11 Å². The maximum Gasteiger partial charge on any atom is 0.0544 e. The Hall–Kier alpha value is -1.93. The molecule has 1 aliphatic heterocycles. The molecule has 0 saturated carbocycles. The van der Waals surface area contributed by atoms with Crippen molar-refractivity contribution in [2.45, 2.75) is 65.3 Å². The fraction of sp³-hybridized carbons (Fsp3) is 0.500. The molecule has 2 aliphatic rings. The number of nitrogens with zero attached hydrogens (tertiary/aromatic N) is 1. The van der Waals surface area contributed by atoms with Gasteiger partial charge in [-0.05, 0) is 60.4 Å². The summed E-state index contributed by atoms with van der Waals surface area (Å²) in [5.74, 6) is 1.09. The van der Waals surface area contributed by atoms with E-state index < -0.39 is 0 Å². The van der Waals surface area contributed by atoms with Gasteiger partial charge in [0, 0.05) is 29.7 Å². The highest BCUT2D eigenvalue weighted by atomic mass is 16.3. The summed E-state index contributed by atoms with van der Waals surface area (Å²) in [5, 5.41) is 12.4. The Balaban J connectivity index is 2.12. The van der Waals surface area contributed by atoms with Crippen LogP contribution in [-0.2, 0) is 5.41 Å². The molecule has 4 rings (SSSR count). The Kier molecular flexibility index (Phi) is 4.74. The average Bonchev–Trinajstić information content (AvgIpc) is 2.64. The van der Waals surface area contributed by atoms with Crippen LogP contribution in [0.3, 0.4) is 0 Å². The average molecular weight is 376 g/mol. The van der Waals surface area contributed by atoms with E-state index in [1.807, 2.05) is 0 Å². The number of rotatable bonds is 3. The molecule has 148 valence electrons. The largest absolute Gasteiger partial charge is 0.396 e. The number of hydrogen-bond acceptors (Lipinski definition) is 2. The number of aliphatic imine (C=N–C) groups is 1. The molecule has 2 nitrogen and oxygen atoms in total. The summed E-state index contributed by atoms with van der Waals surface area (Å²) in [7, 11) is 0. The first-order valence-electron chi connectivity index (χ1n) is 10.7. The normalized spacial score (nSPS) is 27.9. The third-order valence-corrected chi connectivity index (χ3v) is 7.06. The van der Waals surface area contributed by atoms with E-state index in [2.05, 4.69) is 78.0 Å². The lowest BCUT2D eigenvalue weighted by atomic mass is 9.57. The van der Waals surface area contributed by atoms with Gasteiger partial charge in [0.2, 0.25) is 0 Å². The lowest BCUT2D eigenvalue weighted by Crippen LogP contribution is -2.45. The predicted molar refractivity (Wildman–Crippen MR) is 120 cm³/mol. The molecule has 0 radical (unpaired) electrons. The van der Waals surface area contributed by atoms with Crippen LogP contribution in [0.4, 0.5) is 0 Å². The zero-order valence-electron chi connectivity index (χ0n) is 18.1. The van der Waals surface area contributed by atoms with Gasteiger partial charge in [-0.25, -0.2) is 0 Å². The number of fused-ring (bicyclic) bond motifs is 2. The first-order chi connectivity index (χ1) is 13.3. The van der Waals surface area contributed by atoms with Crippen molar-refractivity contribution in [3.05, 3.63) is 58.7 Å². The van der Waals surface area contributed by atoms with Crippen molar-refractivity contribution in [2.24, 2.45) is 16.8 Å². The lowest BCUT2D eigenvalue weighted by molar-refractivity contribution is 0.266. The van der Waals surface area contributed by atoms with E-state index in [1.54, 1.807) is 0 Å². The van der Waals surface area contributed by atoms with E-state index in [1.165, 1.54) is 38.7 Å². The van der Waals surface area contributed by atoms with E-state index in [4.69, 9.17) is 4.99 Å². The standard InChI is InChI=1S/C26H33NO/c1-15(2)13-22-16(3)25-23-21(19(11-12-28)17(4)27-25)14-18-9-7-8-10-20(18)24(23)26(22,5)6/h7-10,13-14,16-17,19,22,28H,11-12H2,1-6H3. The van der Waals surface area contributed by atoms with Gasteiger partial charge in [0.1, 0.15) is 0 Å². The number of aliphatic hydroxyl groups is 1. The number of hydrogen-bond donors (Lipinski definition) is 1. The second-order valence-corrected chi connectivity index (χ2v) is 9.59. The molecule has 0 saturated heterocycles. The van der Waals surface area contributed by atoms with Gasteiger partial charge in [-0.15, -0.1) is 0 Å². The maximum absolute atomic E-state index is 9.72. The quantitative estimate of drug-likeness (QED) is 0.655. The van der Waals surface area contributed by atoms with Gasteiger partial charge >= 0.3 is 0 Å². The Morgan fingerprint density at radius 2 is 1.89 bits per heavy atom. The summed E-state index contributed by atoms with van der Waals surface area (Å²) >= 11 is 0. The first kappa shape index (κ1) is 19.4. The summed E-state index contributed by atoms with van der Waals surface area (Å²) in [5.41, 5.74) is 6.90. The molecule has 1 heterocycles. The molecule has 1 aliphatic carbocycles. The van der Waals surface area contributed by atoms with Gasteiger partial charge in [0.05, 0.1) is 6.04 Å². The summed E-state index contributed by atoms with van der Waals surface area (Å²) in [6.45, 7) is 14.0. The summed E-state index contributed by atoms with van der Waals surface area (Å²) < 4.78 is 0. The van der Waals surface area contributed by atoms with Crippen LogP contribution in [0.25, 0.3) is 10.8 Å². The Morgan fingerprint density at radius 1 is 1.18 bits per heavy atom. The molecular weight excluding hydrogens is 342 g/mol. The minimum Gasteiger partial charge on any atom is -0.396 e. The van der Waals surface area contributed by atoms with Crippen molar-refractivity contribution in [3.63, 3.8) is 0 Å². The molecule has 0 amide bonds. The SMILES string of the molecule is CC(C)=CC1C(C)C2=NC(C)C(CCO)c3cc4ccccc4c(c32)C1(C)C. The molecule has 0 fully saturated rings. The van der Waals surface area contributed by atoms with Crippen molar-refractivity contribution < 1.29 is 5.11 Å². The molecule has 0 spiro atoms. The molecule has 2 aromatic rings. The van der Waals surface area contributed by atoms with Crippen LogP contribution in [0.5, 0.6) is 0 Å². The third-order valence-electron chi connectivity index (χ3n) is 7.06. The molecule has 4 atom stereocenters. The number of aliphatic hydroxyl groups excluding tert-OH is 1. The molecule has 0 bridgehead atoms. The van der Waals surface area contributed by atoms with Crippen LogP contribution in [0.15, 0.2) is 47.0 Å². The minimum atomic E-state index is 0.0188. The molecular formula is C26H33NO. The number of allylic oxidation sites excluding steroid dienone is 2. The van der Waals surface area contributed by atoms with Crippen molar-refractivity contribution in [1.29, 1.82) is 0 Å². The van der Waals surface area contributed by atoms with Crippen molar-refractivity contribution in [2.75, 3.05) is 6.61 Å². The van der Waals surface area contributed by atoms with E-state index >= 15 is 0 Å². The van der Waals surface area contributed by atoms with Crippen molar-refractivity contribution in [1.82, 2.24) is 0 Å². The summed E-state index contributed by atoms with van der Waals surface area (Å²) in [6, 6.07) is 11.4. The monoisotopic (exact) mass is 375 g/mol. The van der Waals surface area contributed by atoms with E-state index in [0.29, 0.717) is 11.8 Å². The Labute approximate surface area is 169 Å². The van der Waals surface area contributed by atoms with Crippen LogP contribution >= 0.6 is 0 Å². The Bertz CT molecular complexity index is 977. The summed E-state index contributed by atoms with van der Waals surface area (Å²) in [4.78, 5) is 5.24. The molecule has 0 aromatic heterocycles. The molecule has 28 heavy (non-hydrogen) atoms. The highest BCUT2D eigenvalue weighted by molar-refractivity contribution is 6.11. The molecule has 2 aromatic carbocycles. The molecule has 2 heteroatoms. The van der Waals surface area contributed by atoms with Crippen LogP contribution < -0.4 is 0 Å². The lowest BCUT2D eigenvalue weighted by Gasteiger charge is -2.48. The zero-order valence-corrected chi connectivity index (χ0v) is 18.1. The van der Waals surface area contributed by atoms with Crippen LogP contribution in [0, 0.1) is 11.8 Å². The predicted octanol–water partition coefficient (Wildman–Crippen LogP) is 6.01. The first-order valence-corrected chi connectivity index (χ1v) is 10.7. The van der Waals surface area contributed by atoms with Crippen LogP contribution in [-0.4, -0.2) is 23.5 Å². The minimum absolute atomic E-state index is 0.0188. The fourth-order valence-corrected chi connectivity index (χ4v) is 5.80. The maximum atomic E-state index is 9.72. The van der Waals surface area contributed by atoms with Gasteiger partial charge in [-0.3, -0.25) is 4.99 Å². The van der Waals surface area contributed by atoms with Crippen LogP contribution in [0.1, 0.15) is 70.6 Å². The van der Waals surface area contributed by atoms with Crippen molar-refractivity contribution >= 4 is 16.5 Å². The number of benzene rings is 2. The second-order valence-electron chi connectivity index (χ2n) is 9.59. The fourth-order valence-electron chi connectivity index (χ4n) is 5.80.